The maximum absolute atomic E-state index is 10.3. The fourth-order valence-corrected chi connectivity index (χ4v) is 3.50. The van der Waals surface area contributed by atoms with Crippen LogP contribution in [0.25, 0.3) is 21.5 Å². The number of benzene rings is 4. The number of aromatic hydroxyl groups is 2. The summed E-state index contributed by atoms with van der Waals surface area (Å²) in [5.41, 5.74) is 3.97. The van der Waals surface area contributed by atoms with E-state index in [9.17, 15) is 10.2 Å². The number of phenols is 2. The monoisotopic (exact) mass is 422 g/mol. The van der Waals surface area contributed by atoms with Gasteiger partial charge in [0.2, 0.25) is 0 Å². The van der Waals surface area contributed by atoms with E-state index in [1.54, 1.807) is 18.3 Å². The highest BCUT2D eigenvalue weighted by Gasteiger charge is 2.07. The van der Waals surface area contributed by atoms with Crippen molar-refractivity contribution in [2.75, 3.05) is 5.43 Å². The van der Waals surface area contributed by atoms with Gasteiger partial charge in [-0.1, -0.05) is 60.7 Å². The minimum atomic E-state index is 0.125. The average molecular weight is 422 g/mol. The predicted molar refractivity (Wildman–Crippen MR) is 125 cm³/mol. The third-order valence-corrected chi connectivity index (χ3v) is 5.10. The Morgan fingerprint density at radius 1 is 0.750 bits per heavy atom. The smallest absolute Gasteiger partial charge is 0.265 e. The molecule has 0 saturated carbocycles. The molecule has 8 heteroatoms. The molecule has 156 valence electrons. The van der Waals surface area contributed by atoms with Crippen LogP contribution in [0.15, 0.2) is 89.3 Å². The zero-order valence-corrected chi connectivity index (χ0v) is 16.8. The van der Waals surface area contributed by atoms with Gasteiger partial charge in [-0.2, -0.15) is 14.9 Å². The molecular formula is C24H18N6O2. The average Bonchev–Trinajstić information content (AvgIpc) is 3.27. The molecule has 0 atom stereocenters. The van der Waals surface area contributed by atoms with Crippen LogP contribution in [0.5, 0.6) is 11.5 Å². The lowest BCUT2D eigenvalue weighted by Crippen LogP contribution is -2.00. The summed E-state index contributed by atoms with van der Waals surface area (Å²) in [6.07, 6.45) is 4.50. The summed E-state index contributed by atoms with van der Waals surface area (Å²) in [6.45, 7) is 0. The van der Waals surface area contributed by atoms with Crippen LogP contribution in [0.4, 0.5) is 5.95 Å². The second kappa shape index (κ2) is 8.19. The molecule has 0 spiro atoms. The molecule has 0 radical (unpaired) electrons. The molecule has 3 N–H and O–H groups in total. The summed E-state index contributed by atoms with van der Waals surface area (Å²) in [5, 5.41) is 40.7. The third-order valence-electron chi connectivity index (χ3n) is 5.10. The lowest BCUT2D eigenvalue weighted by molar-refractivity contribution is 0.475. The lowest BCUT2D eigenvalue weighted by Gasteiger charge is -2.05. The summed E-state index contributed by atoms with van der Waals surface area (Å²) < 4.78 is 1.40. The maximum atomic E-state index is 10.3. The van der Waals surface area contributed by atoms with E-state index in [1.807, 2.05) is 60.7 Å². The van der Waals surface area contributed by atoms with Gasteiger partial charge in [0, 0.05) is 11.1 Å². The fourth-order valence-electron chi connectivity index (χ4n) is 3.50. The molecule has 1 aromatic heterocycles. The molecule has 0 bridgehead atoms. The number of nitrogens with zero attached hydrogens (tertiary/aromatic N) is 5. The SMILES string of the molecule is Oc1ccc2ccccc2c1/C=N\Nc1nncn1/N=C/c1c(O)ccc2ccccc12. The van der Waals surface area contributed by atoms with Crippen LogP contribution in [-0.2, 0) is 0 Å². The van der Waals surface area contributed by atoms with Gasteiger partial charge in [0.05, 0.1) is 12.4 Å². The minimum Gasteiger partial charge on any atom is -0.507 e. The van der Waals surface area contributed by atoms with E-state index in [0.29, 0.717) is 11.1 Å². The van der Waals surface area contributed by atoms with Crippen LogP contribution in [-0.4, -0.2) is 37.5 Å². The number of phenolic OH excluding ortho intramolecular Hbond substituents is 2. The first-order valence-corrected chi connectivity index (χ1v) is 9.85. The summed E-state index contributed by atoms with van der Waals surface area (Å²) >= 11 is 0. The second-order valence-electron chi connectivity index (χ2n) is 7.05. The van der Waals surface area contributed by atoms with Gasteiger partial charge in [0.15, 0.2) is 0 Å². The van der Waals surface area contributed by atoms with Crippen LogP contribution in [0, 0.1) is 0 Å². The fraction of sp³-hybridized carbons (Fsp3) is 0. The normalized spacial score (nSPS) is 11.8. The van der Waals surface area contributed by atoms with Crippen molar-refractivity contribution in [3.8, 4) is 11.5 Å². The number of anilines is 1. The molecule has 0 aliphatic heterocycles. The first kappa shape index (κ1) is 19.3. The molecule has 0 saturated heterocycles. The quantitative estimate of drug-likeness (QED) is 0.289. The molecule has 8 nitrogen and oxygen atoms in total. The van der Waals surface area contributed by atoms with Crippen LogP contribution < -0.4 is 5.43 Å². The number of rotatable bonds is 5. The Morgan fingerprint density at radius 3 is 2.00 bits per heavy atom. The molecule has 0 unspecified atom stereocenters. The van der Waals surface area contributed by atoms with Gasteiger partial charge in [0.25, 0.3) is 5.95 Å². The van der Waals surface area contributed by atoms with Gasteiger partial charge in [-0.3, -0.25) is 0 Å². The first-order chi connectivity index (χ1) is 15.7. The minimum absolute atomic E-state index is 0.125. The predicted octanol–water partition coefficient (Wildman–Crippen LogP) is 4.32. The van der Waals surface area contributed by atoms with Gasteiger partial charge in [0.1, 0.15) is 17.8 Å². The van der Waals surface area contributed by atoms with Gasteiger partial charge in [-0.15, -0.1) is 10.2 Å². The van der Waals surface area contributed by atoms with Crippen molar-refractivity contribution in [3.05, 3.63) is 90.3 Å². The molecule has 0 aliphatic rings. The summed E-state index contributed by atoms with van der Waals surface area (Å²) in [4.78, 5) is 0. The Labute approximate surface area is 182 Å². The molecule has 5 rings (SSSR count). The van der Waals surface area contributed by atoms with E-state index in [0.717, 1.165) is 21.5 Å². The second-order valence-corrected chi connectivity index (χ2v) is 7.05. The standard InChI is InChI=1S/C24H18N6O2/c31-22-11-9-16-5-1-3-7-18(16)20(22)13-25-28-24-29-26-15-30(24)27-14-21-19-8-4-2-6-17(19)10-12-23(21)32/h1-15,31-32H,(H,28,29)/b25-13-,27-14+. The first-order valence-electron chi connectivity index (χ1n) is 9.85. The van der Waals surface area contributed by atoms with E-state index in [1.165, 1.54) is 17.2 Å². The number of hydrogen-bond acceptors (Lipinski definition) is 7. The number of fused-ring (bicyclic) bond motifs is 2. The van der Waals surface area contributed by atoms with E-state index in [-0.39, 0.29) is 17.4 Å². The van der Waals surface area contributed by atoms with Crippen molar-refractivity contribution >= 4 is 39.9 Å². The van der Waals surface area contributed by atoms with E-state index in [4.69, 9.17) is 0 Å². The highest BCUT2D eigenvalue weighted by molar-refractivity contribution is 6.03. The molecule has 0 fully saturated rings. The van der Waals surface area contributed by atoms with Crippen molar-refractivity contribution in [1.29, 1.82) is 0 Å². The van der Waals surface area contributed by atoms with Gasteiger partial charge >= 0.3 is 0 Å². The van der Waals surface area contributed by atoms with Crippen LogP contribution in [0.1, 0.15) is 11.1 Å². The van der Waals surface area contributed by atoms with Gasteiger partial charge in [-0.05, 0) is 33.7 Å². The highest BCUT2D eigenvalue weighted by atomic mass is 16.3. The number of hydrazone groups is 1. The molecule has 32 heavy (non-hydrogen) atoms. The number of aromatic nitrogens is 3. The van der Waals surface area contributed by atoms with E-state index in [2.05, 4.69) is 25.8 Å². The van der Waals surface area contributed by atoms with Crippen LogP contribution in [0.3, 0.4) is 0 Å². The summed E-state index contributed by atoms with van der Waals surface area (Å²) in [5.74, 6) is 0.525. The Morgan fingerprint density at radius 2 is 1.34 bits per heavy atom. The van der Waals surface area contributed by atoms with Crippen molar-refractivity contribution in [2.45, 2.75) is 0 Å². The van der Waals surface area contributed by atoms with Crippen molar-refractivity contribution in [2.24, 2.45) is 10.2 Å². The number of hydrogen-bond donors (Lipinski definition) is 3. The van der Waals surface area contributed by atoms with Crippen LogP contribution in [0.2, 0.25) is 0 Å². The van der Waals surface area contributed by atoms with Crippen molar-refractivity contribution in [1.82, 2.24) is 14.9 Å². The molecule has 0 amide bonds. The Hall–Kier alpha value is -4.72. The van der Waals surface area contributed by atoms with E-state index >= 15 is 0 Å². The Kier molecular flexibility index (Phi) is 4.93. The van der Waals surface area contributed by atoms with Crippen molar-refractivity contribution < 1.29 is 10.2 Å². The van der Waals surface area contributed by atoms with Gasteiger partial charge < -0.3 is 10.2 Å². The van der Waals surface area contributed by atoms with E-state index < -0.39 is 0 Å². The Bertz CT molecular complexity index is 1490. The molecule has 1 heterocycles. The largest absolute Gasteiger partial charge is 0.507 e. The Balaban J connectivity index is 1.41. The topological polar surface area (TPSA) is 108 Å². The van der Waals surface area contributed by atoms with Gasteiger partial charge in [-0.25, -0.2) is 5.43 Å². The summed E-state index contributed by atoms with van der Waals surface area (Å²) in [6, 6.07) is 22.4. The maximum Gasteiger partial charge on any atom is 0.265 e. The summed E-state index contributed by atoms with van der Waals surface area (Å²) in [7, 11) is 0. The third kappa shape index (κ3) is 3.61. The highest BCUT2D eigenvalue weighted by Crippen LogP contribution is 2.26. The molecule has 0 aliphatic carbocycles. The molecular weight excluding hydrogens is 404 g/mol. The number of nitrogens with one attached hydrogen (secondary N) is 1. The van der Waals surface area contributed by atoms with Crippen molar-refractivity contribution in [3.63, 3.8) is 0 Å². The zero-order valence-electron chi connectivity index (χ0n) is 16.8. The van der Waals surface area contributed by atoms with Crippen LogP contribution >= 0.6 is 0 Å². The molecule has 5 aromatic rings. The molecule has 4 aromatic carbocycles. The lowest BCUT2D eigenvalue weighted by atomic mass is 10.0. The zero-order chi connectivity index (χ0) is 21.9.